The second-order valence-electron chi connectivity index (χ2n) is 9.20. The Morgan fingerprint density at radius 2 is 1.88 bits per heavy atom. The number of hydrogen-bond donors (Lipinski definition) is 3. The van der Waals surface area contributed by atoms with E-state index in [0.717, 1.165) is 42.9 Å². The third-order valence-corrected chi connectivity index (χ3v) is 6.63. The third kappa shape index (κ3) is 4.31. The van der Waals surface area contributed by atoms with Gasteiger partial charge < -0.3 is 20.6 Å². The maximum absolute atomic E-state index is 11.1. The van der Waals surface area contributed by atoms with Crippen molar-refractivity contribution in [3.8, 4) is 11.3 Å². The SMILES string of the molecule is O=C(O)c1ccc(Nc2cc3nc(n2)N2CCC(/C=C\c4ccc-3cc4NC3CC3)CC2)cn1. The lowest BCUT2D eigenvalue weighted by Gasteiger charge is -2.31. The maximum Gasteiger partial charge on any atom is 0.354 e. The molecule has 8 nitrogen and oxygen atoms in total. The van der Waals surface area contributed by atoms with Gasteiger partial charge in [-0.1, -0.05) is 24.3 Å². The van der Waals surface area contributed by atoms with Crippen molar-refractivity contribution in [2.75, 3.05) is 28.6 Å². The molecule has 7 heterocycles. The molecule has 3 aromatic rings. The van der Waals surface area contributed by atoms with Gasteiger partial charge in [0.1, 0.15) is 11.5 Å². The molecular weight excluding hydrogens is 428 g/mol. The number of carboxylic acids is 1. The molecule has 0 atom stereocenters. The summed E-state index contributed by atoms with van der Waals surface area (Å²) >= 11 is 0. The van der Waals surface area contributed by atoms with Crippen LogP contribution in [0.5, 0.6) is 0 Å². The molecule has 34 heavy (non-hydrogen) atoms. The molecule has 172 valence electrons. The highest BCUT2D eigenvalue weighted by Crippen LogP contribution is 2.34. The van der Waals surface area contributed by atoms with E-state index in [1.165, 1.54) is 30.7 Å². The van der Waals surface area contributed by atoms with E-state index in [-0.39, 0.29) is 5.69 Å². The maximum atomic E-state index is 11.1. The highest BCUT2D eigenvalue weighted by molar-refractivity contribution is 5.85. The van der Waals surface area contributed by atoms with Crippen LogP contribution in [0.1, 0.15) is 41.7 Å². The second-order valence-corrected chi connectivity index (χ2v) is 9.20. The number of carboxylic acid groups (broad SMARTS) is 1. The first-order valence-electron chi connectivity index (χ1n) is 11.8. The predicted octanol–water partition coefficient (Wildman–Crippen LogP) is 4.80. The number of anilines is 4. The number of hydrogen-bond acceptors (Lipinski definition) is 7. The van der Waals surface area contributed by atoms with Crippen molar-refractivity contribution in [2.45, 2.75) is 31.7 Å². The Morgan fingerprint density at radius 1 is 1.03 bits per heavy atom. The lowest BCUT2D eigenvalue weighted by molar-refractivity contribution is 0.0690. The second kappa shape index (κ2) is 8.44. The number of carbonyl (C=O) groups is 1. The molecule has 0 spiro atoms. The first-order valence-corrected chi connectivity index (χ1v) is 11.8. The van der Waals surface area contributed by atoms with Crippen molar-refractivity contribution in [3.05, 3.63) is 59.9 Å². The molecular formula is C26H26N6O2. The van der Waals surface area contributed by atoms with Crippen molar-refractivity contribution in [1.29, 1.82) is 0 Å². The van der Waals surface area contributed by atoms with Gasteiger partial charge in [0.15, 0.2) is 0 Å². The van der Waals surface area contributed by atoms with Crippen molar-refractivity contribution < 1.29 is 9.90 Å². The number of nitrogens with one attached hydrogen (secondary N) is 2. The van der Waals surface area contributed by atoms with Crippen molar-refractivity contribution in [2.24, 2.45) is 5.92 Å². The normalized spacial score (nSPS) is 18.1. The summed E-state index contributed by atoms with van der Waals surface area (Å²) in [4.78, 5) is 27.1. The van der Waals surface area contributed by atoms with E-state index in [9.17, 15) is 4.79 Å². The smallest absolute Gasteiger partial charge is 0.354 e. The standard InChI is InChI=1S/C26H26N6O2/c33-25(34)21-8-7-20(15-27-21)29-24-14-23-18-4-3-17(22(13-18)28-19-5-6-19)2-1-16-9-11-32(12-10-16)26(30-23)31-24/h1-4,7-8,13-16,19,28H,5-6,9-12H2,(H,33,34)(H,29,30,31)/b2-1-. The summed E-state index contributed by atoms with van der Waals surface area (Å²) in [7, 11) is 0. The first kappa shape index (κ1) is 20.7. The van der Waals surface area contributed by atoms with Crippen LogP contribution in [0.15, 0.2) is 48.7 Å². The lowest BCUT2D eigenvalue weighted by Crippen LogP contribution is -2.34. The average Bonchev–Trinajstić information content (AvgIpc) is 3.67. The van der Waals surface area contributed by atoms with Crippen molar-refractivity contribution in [3.63, 3.8) is 0 Å². The summed E-state index contributed by atoms with van der Waals surface area (Å²) in [5.74, 6) is 0.857. The molecule has 3 N–H and O–H groups in total. The molecule has 0 amide bonds. The molecule has 2 aromatic heterocycles. The van der Waals surface area contributed by atoms with E-state index >= 15 is 0 Å². The first-order chi connectivity index (χ1) is 16.6. The molecule has 2 fully saturated rings. The zero-order chi connectivity index (χ0) is 23.1. The van der Waals surface area contributed by atoms with Crippen LogP contribution in [0, 0.1) is 5.92 Å². The lowest BCUT2D eigenvalue weighted by atomic mass is 9.95. The van der Waals surface area contributed by atoms with Crippen LogP contribution in [-0.4, -0.2) is 45.2 Å². The molecule has 9 rings (SSSR count). The fourth-order valence-corrected chi connectivity index (χ4v) is 4.50. The highest BCUT2D eigenvalue weighted by atomic mass is 16.4. The van der Waals surface area contributed by atoms with Gasteiger partial charge in [0.05, 0.1) is 17.6 Å². The van der Waals surface area contributed by atoms with Gasteiger partial charge in [0.2, 0.25) is 5.95 Å². The number of aromatic nitrogens is 3. The average molecular weight is 455 g/mol. The van der Waals surface area contributed by atoms with Crippen LogP contribution in [0.3, 0.4) is 0 Å². The van der Waals surface area contributed by atoms with Crippen molar-refractivity contribution in [1.82, 2.24) is 15.0 Å². The van der Waals surface area contributed by atoms with E-state index < -0.39 is 5.97 Å². The summed E-state index contributed by atoms with van der Waals surface area (Å²) in [5.41, 5.74) is 4.92. The van der Waals surface area contributed by atoms with Gasteiger partial charge >= 0.3 is 5.97 Å². The van der Waals surface area contributed by atoms with Gasteiger partial charge in [0, 0.05) is 36.4 Å². The minimum atomic E-state index is -1.05. The number of nitrogens with zero attached hydrogens (tertiary/aromatic N) is 4. The van der Waals surface area contributed by atoms with E-state index in [2.05, 4.69) is 50.9 Å². The summed E-state index contributed by atoms with van der Waals surface area (Å²) in [5, 5.41) is 16.1. The minimum Gasteiger partial charge on any atom is -0.477 e. The van der Waals surface area contributed by atoms with Gasteiger partial charge in [-0.2, -0.15) is 4.98 Å². The summed E-state index contributed by atoms with van der Waals surface area (Å²) < 4.78 is 0. The Hall–Kier alpha value is -3.94. The van der Waals surface area contributed by atoms with Gasteiger partial charge in [-0.05, 0) is 55.4 Å². The molecule has 6 bridgehead atoms. The van der Waals surface area contributed by atoms with Gasteiger partial charge in [-0.25, -0.2) is 14.8 Å². The van der Waals surface area contributed by atoms with E-state index in [1.807, 2.05) is 6.07 Å². The fraction of sp³-hybridized carbons (Fsp3) is 0.308. The van der Waals surface area contributed by atoms with Gasteiger partial charge in [-0.15, -0.1) is 0 Å². The monoisotopic (exact) mass is 454 g/mol. The third-order valence-electron chi connectivity index (χ3n) is 6.63. The number of allylic oxidation sites excluding steroid dienone is 1. The molecule has 0 radical (unpaired) electrons. The van der Waals surface area contributed by atoms with E-state index in [1.54, 1.807) is 6.07 Å². The Labute approximate surface area is 197 Å². The van der Waals surface area contributed by atoms with Gasteiger partial charge in [0.25, 0.3) is 0 Å². The molecule has 1 saturated carbocycles. The molecule has 1 aromatic carbocycles. The van der Waals surface area contributed by atoms with Crippen LogP contribution < -0.4 is 15.5 Å². The Balaban J connectivity index is 1.41. The molecule has 6 aliphatic rings. The number of pyridine rings is 1. The van der Waals surface area contributed by atoms with Crippen LogP contribution in [-0.2, 0) is 0 Å². The number of rotatable bonds is 5. The van der Waals surface area contributed by atoms with Crippen LogP contribution >= 0.6 is 0 Å². The highest BCUT2D eigenvalue weighted by Gasteiger charge is 2.24. The Morgan fingerprint density at radius 3 is 2.62 bits per heavy atom. The summed E-state index contributed by atoms with van der Waals surface area (Å²) in [6.07, 6.45) is 10.7. The van der Waals surface area contributed by atoms with Crippen LogP contribution in [0.4, 0.5) is 23.1 Å². The summed E-state index contributed by atoms with van der Waals surface area (Å²) in [6.45, 7) is 1.82. The largest absolute Gasteiger partial charge is 0.477 e. The Bertz CT molecular complexity index is 1260. The Kier molecular flexibility index (Phi) is 5.13. The molecule has 1 aliphatic carbocycles. The van der Waals surface area contributed by atoms with E-state index in [4.69, 9.17) is 15.1 Å². The quantitative estimate of drug-likeness (QED) is 0.505. The molecule has 1 saturated heterocycles. The van der Waals surface area contributed by atoms with Gasteiger partial charge in [-0.3, -0.25) is 0 Å². The van der Waals surface area contributed by atoms with Crippen molar-refractivity contribution >= 4 is 35.2 Å². The summed E-state index contributed by atoms with van der Waals surface area (Å²) in [6, 6.07) is 12.1. The number of piperidine rings is 1. The van der Waals surface area contributed by atoms with Crippen LogP contribution in [0.25, 0.3) is 17.3 Å². The zero-order valence-electron chi connectivity index (χ0n) is 18.7. The molecule has 0 unspecified atom stereocenters. The fourth-order valence-electron chi connectivity index (χ4n) is 4.50. The number of aromatic carboxylic acids is 1. The molecule has 8 heteroatoms. The van der Waals surface area contributed by atoms with E-state index in [0.29, 0.717) is 29.4 Å². The minimum absolute atomic E-state index is 0.00685. The topological polar surface area (TPSA) is 103 Å². The number of benzene rings is 1. The van der Waals surface area contributed by atoms with Crippen LogP contribution in [0.2, 0.25) is 0 Å². The molecule has 5 aliphatic heterocycles. The predicted molar refractivity (Wildman–Crippen MR) is 133 cm³/mol. The zero-order valence-corrected chi connectivity index (χ0v) is 18.7.